The molecule has 2 aliphatic heterocycles. The molecule has 0 fully saturated rings. The van der Waals surface area contributed by atoms with Gasteiger partial charge < -0.3 is 4.57 Å². The summed E-state index contributed by atoms with van der Waals surface area (Å²) >= 11 is 2.60. The maximum atomic E-state index is 13.2. The third kappa shape index (κ3) is 3.24. The molecule has 0 atom stereocenters. The van der Waals surface area contributed by atoms with Crippen molar-refractivity contribution in [2.45, 2.75) is 6.92 Å². The van der Waals surface area contributed by atoms with Gasteiger partial charge in [0.15, 0.2) is 5.17 Å². The molecule has 1 N–H and O–H groups in total. The lowest BCUT2D eigenvalue weighted by Crippen LogP contribution is -2.41. The monoisotopic (exact) mass is 399 g/mol. The van der Waals surface area contributed by atoms with Crippen molar-refractivity contribution in [3.8, 4) is 5.69 Å². The number of rotatable bonds is 3. The van der Waals surface area contributed by atoms with Crippen molar-refractivity contribution in [1.29, 1.82) is 5.41 Å². The first-order valence-corrected chi connectivity index (χ1v) is 9.89. The summed E-state index contributed by atoms with van der Waals surface area (Å²) in [6.45, 7) is 2.00. The molecule has 0 aliphatic carbocycles. The van der Waals surface area contributed by atoms with Crippen LogP contribution in [-0.4, -0.2) is 37.3 Å². The minimum absolute atomic E-state index is 0.0570. The summed E-state index contributed by atoms with van der Waals surface area (Å²) in [5.41, 5.74) is 1.64. The minimum atomic E-state index is -0.469. The zero-order valence-corrected chi connectivity index (χ0v) is 15.9. The average molecular weight is 399 g/mol. The van der Waals surface area contributed by atoms with Gasteiger partial charge in [0.1, 0.15) is 11.7 Å². The van der Waals surface area contributed by atoms with Crippen LogP contribution in [0.3, 0.4) is 0 Å². The van der Waals surface area contributed by atoms with E-state index in [1.807, 2.05) is 29.8 Å². The molecule has 0 saturated carbocycles. The number of thioether (sulfide) groups is 1. The van der Waals surface area contributed by atoms with Gasteiger partial charge in [0.2, 0.25) is 5.17 Å². The highest BCUT2D eigenvalue weighted by Gasteiger charge is 2.37. The lowest BCUT2D eigenvalue weighted by molar-refractivity contribution is -0.114. The van der Waals surface area contributed by atoms with Gasteiger partial charge in [-0.1, -0.05) is 18.7 Å². The van der Waals surface area contributed by atoms with E-state index in [9.17, 15) is 9.18 Å². The second-order valence-electron chi connectivity index (χ2n) is 5.62. The molecule has 0 radical (unpaired) electrons. The van der Waals surface area contributed by atoms with Crippen LogP contribution in [0.25, 0.3) is 11.8 Å². The number of aliphatic imine (C=N–C) groups is 1. The summed E-state index contributed by atoms with van der Waals surface area (Å²) in [7, 11) is 0. The Morgan fingerprint density at radius 3 is 2.81 bits per heavy atom. The van der Waals surface area contributed by atoms with E-state index >= 15 is 0 Å². The maximum absolute atomic E-state index is 13.2. The lowest BCUT2D eigenvalue weighted by atomic mass is 10.1. The third-order valence-corrected chi connectivity index (χ3v) is 5.58. The molecule has 1 aromatic carbocycles. The quantitative estimate of drug-likeness (QED) is 0.627. The Hall–Kier alpha value is -2.65. The van der Waals surface area contributed by atoms with Crippen LogP contribution in [0.5, 0.6) is 0 Å². The fourth-order valence-electron chi connectivity index (χ4n) is 2.72. The minimum Gasteiger partial charge on any atom is -0.317 e. The number of carbonyl (C=O) groups excluding carboxylic acids is 1. The first kappa shape index (κ1) is 17.7. The number of amides is 1. The van der Waals surface area contributed by atoms with Gasteiger partial charge in [0.25, 0.3) is 5.91 Å². The molecule has 3 heterocycles. The van der Waals surface area contributed by atoms with Crippen LogP contribution in [0.1, 0.15) is 12.6 Å². The Bertz CT molecular complexity index is 1020. The van der Waals surface area contributed by atoms with E-state index in [0.29, 0.717) is 16.0 Å². The van der Waals surface area contributed by atoms with Crippen molar-refractivity contribution in [2.75, 3.05) is 5.75 Å². The Labute approximate surface area is 163 Å². The molecule has 4 rings (SSSR count). The van der Waals surface area contributed by atoms with Gasteiger partial charge >= 0.3 is 0 Å². The van der Waals surface area contributed by atoms with Crippen LogP contribution in [0.2, 0.25) is 0 Å². The number of nitrogens with one attached hydrogen (secondary N) is 1. The van der Waals surface area contributed by atoms with Crippen molar-refractivity contribution in [3.05, 3.63) is 59.7 Å². The van der Waals surface area contributed by atoms with Crippen LogP contribution in [0, 0.1) is 11.2 Å². The molecule has 136 valence electrons. The molecule has 1 aromatic heterocycles. The van der Waals surface area contributed by atoms with Crippen LogP contribution in [0.4, 0.5) is 4.39 Å². The fraction of sp³-hybridized carbons (Fsp3) is 0.111. The summed E-state index contributed by atoms with van der Waals surface area (Å²) in [5.74, 6) is 0.0745. The summed E-state index contributed by atoms with van der Waals surface area (Å²) in [6.07, 6.45) is 3.45. The number of carbonyl (C=O) groups is 1. The number of amidine groups is 3. The fourth-order valence-corrected chi connectivity index (χ4v) is 4.29. The smallest absolute Gasteiger partial charge is 0.283 e. The predicted octanol–water partition coefficient (Wildman–Crippen LogP) is 3.95. The third-order valence-electron chi connectivity index (χ3n) is 3.95. The van der Waals surface area contributed by atoms with Crippen LogP contribution in [0.15, 0.2) is 57.6 Å². The van der Waals surface area contributed by atoms with Gasteiger partial charge in [-0.3, -0.25) is 10.2 Å². The number of benzene rings is 1. The molecule has 0 saturated heterocycles. The van der Waals surface area contributed by atoms with E-state index in [4.69, 9.17) is 5.41 Å². The second-order valence-corrected chi connectivity index (χ2v) is 7.58. The van der Waals surface area contributed by atoms with E-state index in [-0.39, 0.29) is 17.2 Å². The highest BCUT2D eigenvalue weighted by atomic mass is 32.2. The van der Waals surface area contributed by atoms with E-state index in [2.05, 4.69) is 9.39 Å². The Morgan fingerprint density at radius 1 is 1.30 bits per heavy atom. The van der Waals surface area contributed by atoms with E-state index < -0.39 is 5.91 Å². The molecule has 0 unspecified atom stereocenters. The molecule has 0 bridgehead atoms. The maximum Gasteiger partial charge on any atom is 0.283 e. The van der Waals surface area contributed by atoms with Gasteiger partial charge in [0.05, 0.1) is 17.5 Å². The largest absolute Gasteiger partial charge is 0.317 e. The highest BCUT2D eigenvalue weighted by molar-refractivity contribution is 8.19. The number of fused-ring (bicyclic) bond motifs is 1. The van der Waals surface area contributed by atoms with Crippen molar-refractivity contribution in [1.82, 2.24) is 9.47 Å². The summed E-state index contributed by atoms with van der Waals surface area (Å²) in [5, 5.41) is 9.57. The van der Waals surface area contributed by atoms with E-state index in [0.717, 1.165) is 23.4 Å². The van der Waals surface area contributed by atoms with Crippen LogP contribution >= 0.6 is 23.7 Å². The Balaban J connectivity index is 1.72. The van der Waals surface area contributed by atoms with E-state index in [1.54, 1.807) is 23.1 Å². The van der Waals surface area contributed by atoms with Crippen LogP contribution in [-0.2, 0) is 4.79 Å². The van der Waals surface area contributed by atoms with Crippen molar-refractivity contribution in [3.63, 3.8) is 0 Å². The first-order valence-electron chi connectivity index (χ1n) is 8.13. The molecular formula is C18H14FN5OS2. The van der Waals surface area contributed by atoms with Crippen molar-refractivity contribution >= 4 is 51.9 Å². The number of aromatic nitrogens is 1. The molecule has 27 heavy (non-hydrogen) atoms. The van der Waals surface area contributed by atoms with Crippen molar-refractivity contribution < 1.29 is 9.18 Å². The second kappa shape index (κ2) is 7.16. The molecule has 2 aromatic rings. The highest BCUT2D eigenvalue weighted by Crippen LogP contribution is 2.32. The number of hydrogen-bond donors (Lipinski definition) is 1. The summed E-state index contributed by atoms with van der Waals surface area (Å²) in [4.78, 5) is 18.1. The van der Waals surface area contributed by atoms with Gasteiger partial charge in [-0.25, -0.2) is 9.29 Å². The number of hydrogen-bond acceptors (Lipinski definition) is 5. The SMILES string of the molecule is CCSC1=NSC2=NC(=O)/C(=C\c3cccn3-c3ccc(F)cc3)C(=N)N12. The molecule has 9 heteroatoms. The normalized spacial score (nSPS) is 18.0. The van der Waals surface area contributed by atoms with Crippen molar-refractivity contribution in [2.24, 2.45) is 9.39 Å². The topological polar surface area (TPSA) is 73.8 Å². The van der Waals surface area contributed by atoms with Crippen LogP contribution < -0.4 is 0 Å². The van der Waals surface area contributed by atoms with Gasteiger partial charge in [-0.15, -0.1) is 0 Å². The molecule has 0 spiro atoms. The summed E-state index contributed by atoms with van der Waals surface area (Å²) in [6, 6.07) is 9.71. The number of nitrogens with zero attached hydrogens (tertiary/aromatic N) is 4. The molecule has 6 nitrogen and oxygen atoms in total. The van der Waals surface area contributed by atoms with Gasteiger partial charge in [-0.05, 0) is 48.2 Å². The molecule has 2 aliphatic rings. The lowest BCUT2D eigenvalue weighted by Gasteiger charge is -2.24. The molecular weight excluding hydrogens is 385 g/mol. The zero-order valence-electron chi connectivity index (χ0n) is 14.2. The predicted molar refractivity (Wildman–Crippen MR) is 109 cm³/mol. The zero-order chi connectivity index (χ0) is 19.0. The van der Waals surface area contributed by atoms with Gasteiger partial charge in [0, 0.05) is 17.6 Å². The summed E-state index contributed by atoms with van der Waals surface area (Å²) < 4.78 is 19.3. The van der Waals surface area contributed by atoms with E-state index in [1.165, 1.54) is 23.9 Å². The first-order chi connectivity index (χ1) is 13.1. The average Bonchev–Trinajstić information content (AvgIpc) is 3.27. The number of halogens is 1. The Morgan fingerprint density at radius 2 is 2.07 bits per heavy atom. The Kier molecular flexibility index (Phi) is 4.71. The standard InChI is InChI=1S/C18H14FN5OS2/c1-2-26-18-22-27-17-21-16(25)14(15(20)24(17)18)10-13-4-3-9-23(13)12-7-5-11(19)6-8-12/h3-10,20H,2H2,1H3/b14-10-,20-15?. The molecule has 1 amide bonds. The van der Waals surface area contributed by atoms with Gasteiger partial charge in [-0.2, -0.15) is 9.39 Å².